The molecule has 3 heterocycles. The predicted molar refractivity (Wildman–Crippen MR) is 82.2 cm³/mol. The van der Waals surface area contributed by atoms with Crippen LogP contribution in [0.5, 0.6) is 0 Å². The Kier molecular flexibility index (Phi) is 2.97. The minimum absolute atomic E-state index is 0.401. The SMILES string of the molecule is NCC1CCCN1c1ncc2c(n1)-c1ccsc1CC2. The van der Waals surface area contributed by atoms with Crippen molar-refractivity contribution in [2.75, 3.05) is 18.0 Å². The van der Waals surface area contributed by atoms with Gasteiger partial charge in [-0.15, -0.1) is 11.3 Å². The van der Waals surface area contributed by atoms with Crippen LogP contribution in [0.3, 0.4) is 0 Å². The summed E-state index contributed by atoms with van der Waals surface area (Å²) >= 11 is 1.84. The first-order chi connectivity index (χ1) is 9.86. The van der Waals surface area contributed by atoms with Crippen molar-refractivity contribution in [2.45, 2.75) is 31.7 Å². The van der Waals surface area contributed by atoms with Crippen molar-refractivity contribution in [1.82, 2.24) is 9.97 Å². The van der Waals surface area contributed by atoms with Crippen molar-refractivity contribution in [3.05, 3.63) is 28.1 Å². The summed E-state index contributed by atoms with van der Waals surface area (Å²) in [5.41, 5.74) is 9.59. The monoisotopic (exact) mass is 286 g/mol. The fourth-order valence-corrected chi connectivity index (χ4v) is 4.17. The van der Waals surface area contributed by atoms with Gasteiger partial charge >= 0.3 is 0 Å². The Morgan fingerprint density at radius 3 is 3.25 bits per heavy atom. The van der Waals surface area contributed by atoms with Gasteiger partial charge in [-0.25, -0.2) is 9.97 Å². The van der Waals surface area contributed by atoms with E-state index in [0.29, 0.717) is 12.6 Å². The maximum Gasteiger partial charge on any atom is 0.226 e. The lowest BCUT2D eigenvalue weighted by atomic mass is 9.96. The normalized spacial score (nSPS) is 20.9. The second kappa shape index (κ2) is 4.82. The number of nitrogens with two attached hydrogens (primary N) is 1. The van der Waals surface area contributed by atoms with Gasteiger partial charge in [-0.1, -0.05) is 0 Å². The number of aromatic nitrogens is 2. The number of aryl methyl sites for hydroxylation is 2. The van der Waals surface area contributed by atoms with Crippen LogP contribution in [0, 0.1) is 0 Å². The largest absolute Gasteiger partial charge is 0.337 e. The minimum atomic E-state index is 0.401. The molecule has 1 aliphatic carbocycles. The number of nitrogens with zero attached hydrogens (tertiary/aromatic N) is 3. The molecule has 1 atom stereocenters. The highest BCUT2D eigenvalue weighted by atomic mass is 32.1. The van der Waals surface area contributed by atoms with Crippen LogP contribution in [-0.2, 0) is 12.8 Å². The van der Waals surface area contributed by atoms with Crippen LogP contribution in [0.2, 0.25) is 0 Å². The summed E-state index contributed by atoms with van der Waals surface area (Å²) in [5.74, 6) is 0.857. The van der Waals surface area contributed by atoms with E-state index in [0.717, 1.165) is 37.4 Å². The zero-order chi connectivity index (χ0) is 13.5. The van der Waals surface area contributed by atoms with Gasteiger partial charge < -0.3 is 10.6 Å². The average Bonchev–Trinajstić information content (AvgIpc) is 3.15. The molecular formula is C15H18N4S. The van der Waals surface area contributed by atoms with Crippen LogP contribution in [-0.4, -0.2) is 29.1 Å². The van der Waals surface area contributed by atoms with Gasteiger partial charge in [0, 0.05) is 35.8 Å². The van der Waals surface area contributed by atoms with Crippen molar-refractivity contribution in [2.24, 2.45) is 5.73 Å². The van der Waals surface area contributed by atoms with E-state index in [1.54, 1.807) is 0 Å². The van der Waals surface area contributed by atoms with Gasteiger partial charge in [0.15, 0.2) is 0 Å². The van der Waals surface area contributed by atoms with E-state index in [1.807, 2.05) is 17.5 Å². The third-order valence-electron chi connectivity index (χ3n) is 4.38. The van der Waals surface area contributed by atoms with E-state index < -0.39 is 0 Å². The molecule has 0 radical (unpaired) electrons. The molecule has 0 aromatic carbocycles. The van der Waals surface area contributed by atoms with E-state index in [9.17, 15) is 0 Å². The van der Waals surface area contributed by atoms with Crippen LogP contribution in [0.1, 0.15) is 23.3 Å². The lowest BCUT2D eigenvalue weighted by Crippen LogP contribution is -2.36. The molecule has 2 aliphatic rings. The summed E-state index contributed by atoms with van der Waals surface area (Å²) in [5, 5.41) is 2.17. The predicted octanol–water partition coefficient (Wildman–Crippen LogP) is 2.23. The number of fused-ring (bicyclic) bond motifs is 3. The second-order valence-corrected chi connectivity index (χ2v) is 6.53. The van der Waals surface area contributed by atoms with E-state index in [-0.39, 0.29) is 0 Å². The maximum atomic E-state index is 5.86. The second-order valence-electron chi connectivity index (χ2n) is 5.53. The van der Waals surface area contributed by atoms with Crippen LogP contribution in [0.25, 0.3) is 11.3 Å². The van der Waals surface area contributed by atoms with Crippen LogP contribution in [0.15, 0.2) is 17.6 Å². The number of thiophene rings is 1. The topological polar surface area (TPSA) is 55.0 Å². The molecule has 5 heteroatoms. The zero-order valence-electron chi connectivity index (χ0n) is 11.4. The molecule has 1 unspecified atom stereocenters. The van der Waals surface area contributed by atoms with Gasteiger partial charge in [-0.3, -0.25) is 0 Å². The Bertz CT molecular complexity index is 637. The third kappa shape index (κ3) is 1.84. The number of anilines is 1. The molecule has 1 aliphatic heterocycles. The molecule has 0 spiro atoms. The molecule has 4 rings (SSSR count). The summed E-state index contributed by atoms with van der Waals surface area (Å²) in [6.07, 6.45) is 6.54. The highest BCUT2D eigenvalue weighted by Gasteiger charge is 2.27. The van der Waals surface area contributed by atoms with Crippen LogP contribution in [0.4, 0.5) is 5.95 Å². The van der Waals surface area contributed by atoms with Crippen molar-refractivity contribution in [3.63, 3.8) is 0 Å². The smallest absolute Gasteiger partial charge is 0.226 e. The maximum absolute atomic E-state index is 5.86. The summed E-state index contributed by atoms with van der Waals surface area (Å²) in [6.45, 7) is 1.71. The highest BCUT2D eigenvalue weighted by molar-refractivity contribution is 7.10. The fourth-order valence-electron chi connectivity index (χ4n) is 3.29. The van der Waals surface area contributed by atoms with Crippen molar-refractivity contribution in [1.29, 1.82) is 0 Å². The van der Waals surface area contributed by atoms with E-state index >= 15 is 0 Å². The molecule has 0 bridgehead atoms. The van der Waals surface area contributed by atoms with Gasteiger partial charge in [0.2, 0.25) is 5.95 Å². The first kappa shape index (κ1) is 12.3. The first-order valence-corrected chi connectivity index (χ1v) is 8.14. The van der Waals surface area contributed by atoms with Gasteiger partial charge in [-0.05, 0) is 42.7 Å². The quantitative estimate of drug-likeness (QED) is 0.920. The summed E-state index contributed by atoms with van der Waals surface area (Å²) in [6, 6.07) is 2.60. The lowest BCUT2D eigenvalue weighted by molar-refractivity contribution is 0.663. The van der Waals surface area contributed by atoms with Crippen molar-refractivity contribution < 1.29 is 0 Å². The Morgan fingerprint density at radius 2 is 2.35 bits per heavy atom. The Labute approximate surface area is 122 Å². The summed E-state index contributed by atoms with van der Waals surface area (Å²) < 4.78 is 0. The number of hydrogen-bond acceptors (Lipinski definition) is 5. The van der Waals surface area contributed by atoms with Gasteiger partial charge in [0.05, 0.1) is 5.69 Å². The van der Waals surface area contributed by atoms with Crippen LogP contribution >= 0.6 is 11.3 Å². The molecule has 104 valence electrons. The first-order valence-electron chi connectivity index (χ1n) is 7.26. The number of hydrogen-bond donors (Lipinski definition) is 1. The molecule has 20 heavy (non-hydrogen) atoms. The Hall–Kier alpha value is -1.46. The molecule has 1 saturated heterocycles. The molecule has 2 aromatic rings. The standard InChI is InChI=1S/C15H18N4S/c16-8-11-2-1-6-19(11)15-17-9-10-3-4-13-12(5-7-20-13)14(10)18-15/h5,7,9,11H,1-4,6,8,16H2. The number of rotatable bonds is 2. The molecule has 4 nitrogen and oxygen atoms in total. The van der Waals surface area contributed by atoms with Gasteiger partial charge in [0.1, 0.15) is 0 Å². The minimum Gasteiger partial charge on any atom is -0.337 e. The zero-order valence-corrected chi connectivity index (χ0v) is 12.2. The Balaban J connectivity index is 1.76. The Morgan fingerprint density at radius 1 is 1.40 bits per heavy atom. The molecular weight excluding hydrogens is 268 g/mol. The van der Waals surface area contributed by atoms with E-state index in [2.05, 4.69) is 21.3 Å². The van der Waals surface area contributed by atoms with Crippen LogP contribution < -0.4 is 10.6 Å². The fraction of sp³-hybridized carbons (Fsp3) is 0.467. The highest BCUT2D eigenvalue weighted by Crippen LogP contribution is 2.36. The van der Waals surface area contributed by atoms with E-state index in [4.69, 9.17) is 10.7 Å². The van der Waals surface area contributed by atoms with Gasteiger partial charge in [-0.2, -0.15) is 0 Å². The van der Waals surface area contributed by atoms with E-state index in [1.165, 1.54) is 22.4 Å². The van der Waals surface area contributed by atoms with Gasteiger partial charge in [0.25, 0.3) is 0 Å². The summed E-state index contributed by atoms with van der Waals surface area (Å²) in [4.78, 5) is 13.2. The van der Waals surface area contributed by atoms with Crippen molar-refractivity contribution >= 4 is 17.3 Å². The molecule has 2 N–H and O–H groups in total. The molecule has 0 saturated carbocycles. The molecule has 0 amide bonds. The third-order valence-corrected chi connectivity index (χ3v) is 5.36. The summed E-state index contributed by atoms with van der Waals surface area (Å²) in [7, 11) is 0. The molecule has 2 aromatic heterocycles. The van der Waals surface area contributed by atoms with Crippen molar-refractivity contribution in [3.8, 4) is 11.3 Å². The lowest BCUT2D eigenvalue weighted by Gasteiger charge is -2.25. The average molecular weight is 286 g/mol. The molecule has 1 fully saturated rings.